The van der Waals surface area contributed by atoms with Crippen molar-refractivity contribution in [3.05, 3.63) is 0 Å². The van der Waals surface area contributed by atoms with Gasteiger partial charge in [-0.25, -0.2) is 0 Å². The summed E-state index contributed by atoms with van der Waals surface area (Å²) in [5.74, 6) is 0. The summed E-state index contributed by atoms with van der Waals surface area (Å²) in [5.41, 5.74) is 0.532. The van der Waals surface area contributed by atoms with Gasteiger partial charge < -0.3 is 8.54 Å². The molecule has 0 aromatic carbocycles. The summed E-state index contributed by atoms with van der Waals surface area (Å²) in [5, 5.41) is 0. The van der Waals surface area contributed by atoms with E-state index < -0.39 is 17.6 Å². The first-order valence-electron chi connectivity index (χ1n) is 5.13. The molecule has 0 aliphatic heterocycles. The van der Waals surface area contributed by atoms with Gasteiger partial charge in [0.05, 0.1) is 0 Å². The van der Waals surface area contributed by atoms with Crippen LogP contribution in [-0.4, -0.2) is 23.7 Å². The molecule has 0 aromatic heterocycles. The largest absolute Gasteiger partial charge is 0.439 e. The third-order valence-electron chi connectivity index (χ3n) is 1.99. The quantitative estimate of drug-likeness (QED) is 0.663. The number of hydrogen-bond acceptors (Lipinski definition) is 2. The van der Waals surface area contributed by atoms with E-state index >= 15 is 0 Å². The van der Waals surface area contributed by atoms with Crippen molar-refractivity contribution in [2.24, 2.45) is 0 Å². The van der Waals surface area contributed by atoms with Gasteiger partial charge in [-0.1, -0.05) is 13.8 Å². The van der Waals surface area contributed by atoms with Gasteiger partial charge in [-0.05, 0) is 39.0 Å². The zero-order valence-electron chi connectivity index (χ0n) is 10.0. The Labute approximate surface area is 85.6 Å². The van der Waals surface area contributed by atoms with Gasteiger partial charge in [0.25, 0.3) is 0 Å². The fourth-order valence-electron chi connectivity index (χ4n) is 1.24. The number of hydrogen-bond donors (Lipinski definition) is 0. The van der Waals surface area contributed by atoms with E-state index in [0.29, 0.717) is 5.54 Å². The van der Waals surface area contributed by atoms with Crippen LogP contribution in [-0.2, 0) is 8.54 Å². The summed E-state index contributed by atoms with van der Waals surface area (Å²) in [6.07, 6.45) is 0.284. The highest BCUT2D eigenvalue weighted by Crippen LogP contribution is 2.25. The summed E-state index contributed by atoms with van der Waals surface area (Å²) in [6.45, 7) is 15.2. The molecule has 0 radical (unpaired) electrons. The van der Waals surface area contributed by atoms with Gasteiger partial charge in [0.15, 0.2) is 9.04 Å². The van der Waals surface area contributed by atoms with Gasteiger partial charge in [0.1, 0.15) is 0 Å². The van der Waals surface area contributed by atoms with Crippen LogP contribution in [0.4, 0.5) is 0 Å². The highest BCUT2D eigenvalue weighted by atomic mass is 28.4. The highest BCUT2D eigenvalue weighted by molar-refractivity contribution is 6.74. The van der Waals surface area contributed by atoms with E-state index in [9.17, 15) is 0 Å². The average Bonchev–Trinajstić information content (AvgIpc) is 1.82. The minimum atomic E-state index is -1.89. The molecule has 0 fully saturated rings. The molecule has 0 spiro atoms. The Hall–Kier alpha value is 0.354. The molecular formula is C9H24O2Si2. The van der Waals surface area contributed by atoms with E-state index in [0.717, 1.165) is 0 Å². The van der Waals surface area contributed by atoms with Crippen LogP contribution in [0, 0.1) is 0 Å². The van der Waals surface area contributed by atoms with Crippen molar-refractivity contribution in [2.75, 3.05) is 0 Å². The van der Waals surface area contributed by atoms with E-state index in [1.54, 1.807) is 0 Å². The molecule has 0 N–H and O–H groups in total. The van der Waals surface area contributed by atoms with Gasteiger partial charge >= 0.3 is 8.56 Å². The molecule has 0 rings (SSSR count). The van der Waals surface area contributed by atoms with Crippen molar-refractivity contribution in [3.8, 4) is 0 Å². The Morgan fingerprint density at radius 2 is 1.54 bits per heavy atom. The minimum Gasteiger partial charge on any atom is -0.439 e. The molecule has 80 valence electrons. The molecule has 0 aliphatic carbocycles. The van der Waals surface area contributed by atoms with Crippen molar-refractivity contribution in [2.45, 2.75) is 59.0 Å². The summed E-state index contributed by atoms with van der Waals surface area (Å²) >= 11 is 0. The third kappa shape index (κ3) is 4.95. The van der Waals surface area contributed by atoms with Crippen molar-refractivity contribution < 1.29 is 8.54 Å². The predicted octanol–water partition coefficient (Wildman–Crippen LogP) is 2.89. The Morgan fingerprint density at radius 1 is 1.08 bits per heavy atom. The molecule has 1 unspecified atom stereocenters. The Bertz CT molecular complexity index is 137. The lowest BCUT2D eigenvalue weighted by Gasteiger charge is -2.34. The minimum absolute atomic E-state index is 0.284. The first kappa shape index (κ1) is 13.4. The Morgan fingerprint density at radius 3 is 1.77 bits per heavy atom. The molecule has 0 aliphatic rings. The van der Waals surface area contributed by atoms with E-state index in [1.807, 2.05) is 0 Å². The summed E-state index contributed by atoms with van der Waals surface area (Å²) in [4.78, 5) is 0. The fourth-order valence-corrected chi connectivity index (χ4v) is 7.50. The maximum absolute atomic E-state index is 6.07. The van der Waals surface area contributed by atoms with E-state index in [4.69, 9.17) is 8.54 Å². The van der Waals surface area contributed by atoms with Crippen LogP contribution in [0.3, 0.4) is 0 Å². The molecule has 1 atom stereocenters. The van der Waals surface area contributed by atoms with E-state index in [2.05, 4.69) is 47.3 Å². The van der Waals surface area contributed by atoms with Gasteiger partial charge in [0.2, 0.25) is 0 Å². The Balaban J connectivity index is 4.34. The fraction of sp³-hybridized carbons (Fsp3) is 1.00. The summed E-state index contributed by atoms with van der Waals surface area (Å²) < 4.78 is 12.0. The van der Waals surface area contributed by atoms with E-state index in [1.165, 1.54) is 0 Å². The second kappa shape index (κ2) is 5.29. The monoisotopic (exact) mass is 220 g/mol. The predicted molar refractivity (Wildman–Crippen MR) is 62.9 cm³/mol. The molecule has 13 heavy (non-hydrogen) atoms. The van der Waals surface area contributed by atoms with Gasteiger partial charge in [-0.3, -0.25) is 0 Å². The molecule has 0 aromatic rings. The second-order valence-electron chi connectivity index (χ2n) is 4.50. The lowest BCUT2D eigenvalue weighted by Crippen LogP contribution is -2.46. The van der Waals surface area contributed by atoms with Gasteiger partial charge in [-0.15, -0.1) is 0 Å². The molecule has 0 saturated heterocycles. The topological polar surface area (TPSA) is 18.5 Å². The molecule has 4 heteroatoms. The zero-order valence-corrected chi connectivity index (χ0v) is 12.2. The van der Waals surface area contributed by atoms with Crippen LogP contribution < -0.4 is 0 Å². The Kier molecular flexibility index (Phi) is 5.43. The smallest absolute Gasteiger partial charge is 0.327 e. The molecule has 2 nitrogen and oxygen atoms in total. The standard InChI is InChI=1S/C9H24O2Si2/c1-8(2)10-13(7,9(3)4)11-12(5)6/h8-9,12H,1-7H3. The summed E-state index contributed by atoms with van der Waals surface area (Å²) in [6, 6.07) is 0. The molecular weight excluding hydrogens is 196 g/mol. The molecule has 0 amide bonds. The SMILES string of the molecule is CC(C)O[Si](C)(O[SiH](C)C)C(C)C. The van der Waals surface area contributed by atoms with Crippen LogP contribution in [0.2, 0.25) is 25.2 Å². The summed E-state index contributed by atoms with van der Waals surface area (Å²) in [7, 11) is -2.86. The van der Waals surface area contributed by atoms with Crippen molar-refractivity contribution in [1.82, 2.24) is 0 Å². The molecule has 0 heterocycles. The van der Waals surface area contributed by atoms with Crippen LogP contribution in [0.1, 0.15) is 27.7 Å². The van der Waals surface area contributed by atoms with Crippen molar-refractivity contribution in [3.63, 3.8) is 0 Å². The van der Waals surface area contributed by atoms with Crippen molar-refractivity contribution >= 4 is 17.6 Å². The lowest BCUT2D eigenvalue weighted by atomic mass is 10.5. The van der Waals surface area contributed by atoms with E-state index in [-0.39, 0.29) is 6.10 Å². The highest BCUT2D eigenvalue weighted by Gasteiger charge is 2.37. The van der Waals surface area contributed by atoms with Gasteiger partial charge in [0, 0.05) is 6.10 Å². The second-order valence-corrected chi connectivity index (χ2v) is 11.0. The van der Waals surface area contributed by atoms with Crippen molar-refractivity contribution in [1.29, 1.82) is 0 Å². The van der Waals surface area contributed by atoms with Crippen LogP contribution in [0.25, 0.3) is 0 Å². The number of rotatable bonds is 5. The van der Waals surface area contributed by atoms with Gasteiger partial charge in [-0.2, -0.15) is 0 Å². The normalized spacial score (nSPS) is 17.1. The average molecular weight is 220 g/mol. The maximum Gasteiger partial charge on any atom is 0.327 e. The third-order valence-corrected chi connectivity index (χ3v) is 8.78. The van der Waals surface area contributed by atoms with Crippen LogP contribution in [0.5, 0.6) is 0 Å². The maximum atomic E-state index is 6.07. The molecule has 0 saturated carbocycles. The first-order chi connectivity index (χ1) is 5.78. The molecule has 0 bridgehead atoms. The lowest BCUT2D eigenvalue weighted by molar-refractivity contribution is 0.178. The zero-order chi connectivity index (χ0) is 10.6. The van der Waals surface area contributed by atoms with Crippen LogP contribution in [0.15, 0.2) is 0 Å². The first-order valence-corrected chi connectivity index (χ1v) is 10.3. The van der Waals surface area contributed by atoms with Crippen LogP contribution >= 0.6 is 0 Å².